The number of nitrogens with zero attached hydrogens (tertiary/aromatic N) is 1. The topological polar surface area (TPSA) is 66.0 Å². The first-order chi connectivity index (χ1) is 6.74. The number of carboxylic acids is 1. The maximum absolute atomic E-state index is 10.8. The zero-order valence-electron chi connectivity index (χ0n) is 7.95. The summed E-state index contributed by atoms with van der Waals surface area (Å²) < 4.78 is 0. The van der Waals surface area contributed by atoms with Crippen molar-refractivity contribution < 1.29 is 9.90 Å². The molecule has 1 aromatic rings. The molecule has 2 aliphatic carbocycles. The second kappa shape index (κ2) is 2.38. The molecule has 4 nitrogen and oxygen atoms in total. The maximum Gasteiger partial charge on any atom is 0.354 e. The summed E-state index contributed by atoms with van der Waals surface area (Å²) >= 11 is 0. The molecular weight excluding hydrogens is 180 g/mol. The predicted molar refractivity (Wildman–Crippen MR) is 49.3 cm³/mol. The van der Waals surface area contributed by atoms with Crippen LogP contribution in [0.2, 0.25) is 0 Å². The summed E-state index contributed by atoms with van der Waals surface area (Å²) in [4.78, 5) is 10.8. The van der Waals surface area contributed by atoms with E-state index in [9.17, 15) is 4.79 Å². The van der Waals surface area contributed by atoms with Gasteiger partial charge >= 0.3 is 5.97 Å². The van der Waals surface area contributed by atoms with Crippen molar-refractivity contribution in [1.29, 1.82) is 0 Å². The van der Waals surface area contributed by atoms with Gasteiger partial charge < -0.3 is 5.11 Å². The predicted octanol–water partition coefficient (Wildman–Crippen LogP) is 1.40. The quantitative estimate of drug-likeness (QED) is 0.744. The van der Waals surface area contributed by atoms with Gasteiger partial charge in [-0.1, -0.05) is 13.3 Å². The Bertz CT molecular complexity index is 410. The largest absolute Gasteiger partial charge is 0.477 e. The Morgan fingerprint density at radius 2 is 2.50 bits per heavy atom. The lowest BCUT2D eigenvalue weighted by atomic mass is 10.1. The van der Waals surface area contributed by atoms with Crippen LogP contribution in [0.4, 0.5) is 0 Å². The molecule has 4 heteroatoms. The van der Waals surface area contributed by atoms with E-state index in [0.29, 0.717) is 17.5 Å². The van der Waals surface area contributed by atoms with Gasteiger partial charge in [0.15, 0.2) is 0 Å². The van der Waals surface area contributed by atoms with Gasteiger partial charge in [0.25, 0.3) is 0 Å². The van der Waals surface area contributed by atoms with Crippen LogP contribution in [0.25, 0.3) is 0 Å². The Labute approximate surface area is 81.3 Å². The lowest BCUT2D eigenvalue weighted by molar-refractivity contribution is 0.0689. The molecule has 74 valence electrons. The molecule has 0 saturated heterocycles. The minimum Gasteiger partial charge on any atom is -0.477 e. The molecule has 1 saturated carbocycles. The summed E-state index contributed by atoms with van der Waals surface area (Å²) in [5, 5.41) is 15.7. The van der Waals surface area contributed by atoms with Gasteiger partial charge in [0.1, 0.15) is 5.69 Å². The molecule has 1 fully saturated rings. The molecule has 1 heterocycles. The number of fused-ring (bicyclic) bond motifs is 3. The highest BCUT2D eigenvalue weighted by molar-refractivity contribution is 5.87. The zero-order valence-corrected chi connectivity index (χ0v) is 7.95. The Morgan fingerprint density at radius 1 is 1.71 bits per heavy atom. The molecule has 3 unspecified atom stereocenters. The van der Waals surface area contributed by atoms with Crippen molar-refractivity contribution in [2.45, 2.75) is 25.7 Å². The summed E-state index contributed by atoms with van der Waals surface area (Å²) in [7, 11) is 0. The highest BCUT2D eigenvalue weighted by Crippen LogP contribution is 2.62. The van der Waals surface area contributed by atoms with Crippen LogP contribution in [0.1, 0.15) is 41.0 Å². The molecule has 0 aliphatic heterocycles. The van der Waals surface area contributed by atoms with E-state index >= 15 is 0 Å². The van der Waals surface area contributed by atoms with Gasteiger partial charge in [0.2, 0.25) is 0 Å². The lowest BCUT2D eigenvalue weighted by Gasteiger charge is -1.99. The first kappa shape index (κ1) is 8.03. The molecule has 0 radical (unpaired) electrons. The van der Waals surface area contributed by atoms with Crippen LogP contribution < -0.4 is 0 Å². The minimum absolute atomic E-state index is 0.307. The molecular formula is C10H12N2O2. The van der Waals surface area contributed by atoms with Crippen LogP contribution in [0.3, 0.4) is 0 Å². The van der Waals surface area contributed by atoms with Crippen LogP contribution in [0.5, 0.6) is 0 Å². The van der Waals surface area contributed by atoms with E-state index in [1.165, 1.54) is 6.42 Å². The normalized spacial score (nSPS) is 32.5. The smallest absolute Gasteiger partial charge is 0.354 e. The van der Waals surface area contributed by atoms with E-state index in [2.05, 4.69) is 17.1 Å². The minimum atomic E-state index is -0.881. The molecule has 0 aromatic carbocycles. The first-order valence-electron chi connectivity index (χ1n) is 5.04. The van der Waals surface area contributed by atoms with Gasteiger partial charge in [-0.25, -0.2) is 4.79 Å². The zero-order chi connectivity index (χ0) is 9.87. The standard InChI is InChI=1S/C10H12N2O2/c1-2-4-5-3-6-8(7(4)5)11-12-9(6)10(13)14/h4-5,7H,2-3H2,1H3,(H,11,12)(H,13,14). The number of hydrogen-bond acceptors (Lipinski definition) is 2. The molecule has 2 aliphatic rings. The molecule has 14 heavy (non-hydrogen) atoms. The van der Waals surface area contributed by atoms with Crippen molar-refractivity contribution in [2.24, 2.45) is 11.8 Å². The third-order valence-electron chi connectivity index (χ3n) is 3.67. The van der Waals surface area contributed by atoms with Crippen LogP contribution in [-0.4, -0.2) is 21.3 Å². The summed E-state index contributed by atoms with van der Waals surface area (Å²) in [6.07, 6.45) is 2.10. The van der Waals surface area contributed by atoms with E-state index in [0.717, 1.165) is 23.6 Å². The number of aromatic nitrogens is 2. The third kappa shape index (κ3) is 0.786. The number of hydrogen-bond donors (Lipinski definition) is 2. The average molecular weight is 192 g/mol. The van der Waals surface area contributed by atoms with Gasteiger partial charge in [-0.15, -0.1) is 0 Å². The molecule has 0 bridgehead atoms. The summed E-state index contributed by atoms with van der Waals surface area (Å²) in [6, 6.07) is 0. The van der Waals surface area contributed by atoms with Gasteiger partial charge in [0.05, 0.1) is 5.69 Å². The molecule has 1 aromatic heterocycles. The van der Waals surface area contributed by atoms with Gasteiger partial charge in [0, 0.05) is 11.5 Å². The van der Waals surface area contributed by atoms with Crippen molar-refractivity contribution in [2.75, 3.05) is 0 Å². The van der Waals surface area contributed by atoms with Crippen molar-refractivity contribution >= 4 is 5.97 Å². The number of carboxylic acid groups (broad SMARTS) is 1. The van der Waals surface area contributed by atoms with E-state index in [1.54, 1.807) is 0 Å². The highest BCUT2D eigenvalue weighted by Gasteiger charge is 2.57. The maximum atomic E-state index is 10.8. The van der Waals surface area contributed by atoms with Crippen molar-refractivity contribution in [3.05, 3.63) is 17.0 Å². The highest BCUT2D eigenvalue weighted by atomic mass is 16.4. The molecule has 0 spiro atoms. The van der Waals surface area contributed by atoms with Gasteiger partial charge in [-0.3, -0.25) is 5.10 Å². The fourth-order valence-corrected chi connectivity index (χ4v) is 2.96. The average Bonchev–Trinajstić information content (AvgIpc) is 2.55. The monoisotopic (exact) mass is 192 g/mol. The fraction of sp³-hybridized carbons (Fsp3) is 0.600. The van der Waals surface area contributed by atoms with E-state index in [1.807, 2.05) is 0 Å². The van der Waals surface area contributed by atoms with Crippen LogP contribution in [0.15, 0.2) is 0 Å². The van der Waals surface area contributed by atoms with Gasteiger partial charge in [-0.2, -0.15) is 5.10 Å². The van der Waals surface area contributed by atoms with Crippen LogP contribution >= 0.6 is 0 Å². The molecule has 2 N–H and O–H groups in total. The number of aromatic amines is 1. The Balaban J connectivity index is 1.99. The second-order valence-corrected chi connectivity index (χ2v) is 4.23. The molecule has 0 amide bonds. The number of nitrogens with one attached hydrogen (secondary N) is 1. The van der Waals surface area contributed by atoms with Crippen LogP contribution in [-0.2, 0) is 6.42 Å². The lowest BCUT2D eigenvalue weighted by Crippen LogP contribution is -2.02. The van der Waals surface area contributed by atoms with E-state index in [4.69, 9.17) is 5.11 Å². The number of H-pyrrole nitrogens is 1. The summed E-state index contributed by atoms with van der Waals surface area (Å²) in [5.41, 5.74) is 2.29. The molecule has 3 atom stereocenters. The third-order valence-corrected chi connectivity index (χ3v) is 3.67. The Morgan fingerprint density at radius 3 is 3.14 bits per heavy atom. The second-order valence-electron chi connectivity index (χ2n) is 4.23. The Kier molecular flexibility index (Phi) is 1.36. The first-order valence-corrected chi connectivity index (χ1v) is 5.04. The summed E-state index contributed by atoms with van der Waals surface area (Å²) in [5.74, 6) is 1.12. The number of carbonyl (C=O) groups is 1. The van der Waals surface area contributed by atoms with Crippen molar-refractivity contribution in [1.82, 2.24) is 10.2 Å². The van der Waals surface area contributed by atoms with Crippen molar-refractivity contribution in [3.63, 3.8) is 0 Å². The van der Waals surface area contributed by atoms with Crippen molar-refractivity contribution in [3.8, 4) is 0 Å². The number of aromatic carboxylic acids is 1. The van der Waals surface area contributed by atoms with E-state index < -0.39 is 5.97 Å². The van der Waals surface area contributed by atoms with Gasteiger partial charge in [-0.05, 0) is 18.3 Å². The Hall–Kier alpha value is -1.32. The summed E-state index contributed by atoms with van der Waals surface area (Å²) in [6.45, 7) is 2.19. The number of rotatable bonds is 2. The fourth-order valence-electron chi connectivity index (χ4n) is 2.96. The van der Waals surface area contributed by atoms with Crippen LogP contribution in [0, 0.1) is 11.8 Å². The van der Waals surface area contributed by atoms with E-state index in [-0.39, 0.29) is 0 Å². The molecule has 3 rings (SSSR count). The SMILES string of the molecule is CCC1C2Cc3c(n[nH]c3C(=O)O)C12.